The van der Waals surface area contributed by atoms with Crippen LogP contribution in [0.15, 0.2) is 0 Å². The van der Waals surface area contributed by atoms with Crippen molar-refractivity contribution >= 4 is 6.03 Å². The lowest BCUT2D eigenvalue weighted by atomic mass is 9.94. The summed E-state index contributed by atoms with van der Waals surface area (Å²) in [5, 5.41) is 3.32. The molecule has 26 heavy (non-hydrogen) atoms. The van der Waals surface area contributed by atoms with Crippen molar-refractivity contribution in [3.05, 3.63) is 0 Å². The molecule has 3 aliphatic heterocycles. The van der Waals surface area contributed by atoms with E-state index in [-0.39, 0.29) is 6.03 Å². The van der Waals surface area contributed by atoms with Crippen molar-refractivity contribution in [3.63, 3.8) is 0 Å². The second-order valence-corrected chi connectivity index (χ2v) is 9.29. The van der Waals surface area contributed by atoms with Gasteiger partial charge in [-0.2, -0.15) is 0 Å². The molecule has 5 heteroatoms. The van der Waals surface area contributed by atoms with Gasteiger partial charge in [0.1, 0.15) is 0 Å². The molecule has 2 amide bonds. The average Bonchev–Trinajstić information content (AvgIpc) is 2.64. The van der Waals surface area contributed by atoms with Crippen LogP contribution in [-0.2, 0) is 0 Å². The topological polar surface area (TPSA) is 38.8 Å². The van der Waals surface area contributed by atoms with Crippen LogP contribution in [0.1, 0.15) is 59.3 Å². The summed E-state index contributed by atoms with van der Waals surface area (Å²) in [7, 11) is 0. The van der Waals surface area contributed by atoms with Gasteiger partial charge >= 0.3 is 6.03 Å². The van der Waals surface area contributed by atoms with Crippen LogP contribution in [0.2, 0.25) is 0 Å². The molecule has 5 nitrogen and oxygen atoms in total. The standard InChI is InChI=1S/C21H40N4O/c1-17(2)24-13-8-20(9-14-24)22-21(26)25-10-4-5-19(16-25)15-23-11-6-18(3)7-12-23/h17-20H,4-16H2,1-3H3,(H,22,26)/t19-/m1/s1. The molecule has 1 N–H and O–H groups in total. The number of rotatable bonds is 4. The van der Waals surface area contributed by atoms with Gasteiger partial charge in [0.15, 0.2) is 0 Å². The fourth-order valence-corrected chi connectivity index (χ4v) is 4.83. The number of nitrogens with zero attached hydrogens (tertiary/aromatic N) is 3. The average molecular weight is 365 g/mol. The van der Waals surface area contributed by atoms with Gasteiger partial charge in [0.2, 0.25) is 0 Å². The molecule has 3 rings (SSSR count). The third-order valence-electron chi connectivity index (χ3n) is 6.79. The molecule has 0 bridgehead atoms. The van der Waals surface area contributed by atoms with Gasteiger partial charge in [-0.25, -0.2) is 4.79 Å². The van der Waals surface area contributed by atoms with Crippen molar-refractivity contribution in [2.45, 2.75) is 71.4 Å². The molecule has 3 aliphatic rings. The Labute approximate surface area is 160 Å². The molecular weight excluding hydrogens is 324 g/mol. The lowest BCUT2D eigenvalue weighted by molar-refractivity contribution is 0.114. The fraction of sp³-hybridized carbons (Fsp3) is 0.952. The Hall–Kier alpha value is -0.810. The van der Waals surface area contributed by atoms with Crippen LogP contribution in [-0.4, -0.2) is 78.6 Å². The molecule has 150 valence electrons. The monoisotopic (exact) mass is 364 g/mol. The summed E-state index contributed by atoms with van der Waals surface area (Å²) in [6, 6.07) is 1.17. The van der Waals surface area contributed by atoms with Crippen molar-refractivity contribution in [2.75, 3.05) is 45.8 Å². The van der Waals surface area contributed by atoms with Crippen LogP contribution in [0.4, 0.5) is 4.79 Å². The molecule has 0 spiro atoms. The quantitative estimate of drug-likeness (QED) is 0.833. The molecule has 3 heterocycles. The molecule has 3 fully saturated rings. The van der Waals surface area contributed by atoms with E-state index in [1.165, 1.54) is 38.9 Å². The van der Waals surface area contributed by atoms with Gasteiger partial charge in [-0.05, 0) is 77.3 Å². The Morgan fingerprint density at radius 3 is 2.35 bits per heavy atom. The highest BCUT2D eigenvalue weighted by atomic mass is 16.2. The smallest absolute Gasteiger partial charge is 0.317 e. The van der Waals surface area contributed by atoms with Crippen molar-refractivity contribution in [1.29, 1.82) is 0 Å². The zero-order valence-corrected chi connectivity index (χ0v) is 17.3. The molecule has 0 aromatic carbocycles. The summed E-state index contributed by atoms with van der Waals surface area (Å²) in [5.74, 6) is 1.55. The van der Waals surface area contributed by atoms with Gasteiger partial charge in [-0.3, -0.25) is 0 Å². The third kappa shape index (κ3) is 5.59. The lowest BCUT2D eigenvalue weighted by Gasteiger charge is -2.39. The van der Waals surface area contributed by atoms with E-state index in [1.807, 2.05) is 0 Å². The van der Waals surface area contributed by atoms with Crippen LogP contribution < -0.4 is 5.32 Å². The summed E-state index contributed by atoms with van der Waals surface area (Å²) in [4.78, 5) is 20.0. The summed E-state index contributed by atoms with van der Waals surface area (Å²) in [6.45, 7) is 14.7. The first-order valence-corrected chi connectivity index (χ1v) is 11.0. The molecule has 0 unspecified atom stereocenters. The van der Waals surface area contributed by atoms with E-state index in [2.05, 4.69) is 40.8 Å². The summed E-state index contributed by atoms with van der Waals surface area (Å²) in [6.07, 6.45) is 7.30. The maximum Gasteiger partial charge on any atom is 0.317 e. The molecule has 1 atom stereocenters. The number of amides is 2. The van der Waals surface area contributed by atoms with Crippen molar-refractivity contribution in [3.8, 4) is 0 Å². The minimum absolute atomic E-state index is 0.185. The number of nitrogens with one attached hydrogen (secondary N) is 1. The van der Waals surface area contributed by atoms with Crippen LogP contribution in [0.3, 0.4) is 0 Å². The minimum Gasteiger partial charge on any atom is -0.335 e. The normalized spacial score (nSPS) is 27.8. The number of piperidine rings is 3. The van der Waals surface area contributed by atoms with Crippen LogP contribution in [0.5, 0.6) is 0 Å². The largest absolute Gasteiger partial charge is 0.335 e. The fourth-order valence-electron chi connectivity index (χ4n) is 4.83. The van der Waals surface area contributed by atoms with E-state index < -0.39 is 0 Å². The van der Waals surface area contributed by atoms with Gasteiger partial charge in [0.05, 0.1) is 0 Å². The van der Waals surface area contributed by atoms with Crippen LogP contribution in [0.25, 0.3) is 0 Å². The predicted octanol–water partition coefficient (Wildman–Crippen LogP) is 3.01. The maximum atomic E-state index is 12.8. The number of carbonyl (C=O) groups is 1. The Balaban J connectivity index is 1.40. The lowest BCUT2D eigenvalue weighted by Crippen LogP contribution is -2.53. The Bertz CT molecular complexity index is 439. The van der Waals surface area contributed by atoms with Crippen molar-refractivity contribution in [1.82, 2.24) is 20.0 Å². The summed E-state index contributed by atoms with van der Waals surface area (Å²) in [5.41, 5.74) is 0. The van der Waals surface area contributed by atoms with Crippen molar-refractivity contribution in [2.24, 2.45) is 11.8 Å². The third-order valence-corrected chi connectivity index (χ3v) is 6.79. The molecule has 0 aromatic heterocycles. The van der Waals surface area contributed by atoms with Crippen molar-refractivity contribution < 1.29 is 4.79 Å². The second-order valence-electron chi connectivity index (χ2n) is 9.29. The molecular formula is C21H40N4O. The minimum atomic E-state index is 0.185. The number of hydrogen-bond acceptors (Lipinski definition) is 3. The van der Waals surface area contributed by atoms with E-state index in [4.69, 9.17) is 0 Å². The SMILES string of the molecule is CC1CCN(C[C@H]2CCCN(C(=O)NC3CCN(C(C)C)CC3)C2)CC1. The molecule has 0 aliphatic carbocycles. The first kappa shape index (κ1) is 19.9. The van der Waals surface area contributed by atoms with Gasteiger partial charge < -0.3 is 20.0 Å². The summed E-state index contributed by atoms with van der Waals surface area (Å²) < 4.78 is 0. The Kier molecular flexibility index (Phi) is 7.21. The number of hydrogen-bond donors (Lipinski definition) is 1. The number of urea groups is 1. The van der Waals surface area contributed by atoms with E-state index in [0.29, 0.717) is 18.0 Å². The second kappa shape index (κ2) is 9.41. The molecule has 0 radical (unpaired) electrons. The molecule has 0 saturated carbocycles. The van der Waals surface area contributed by atoms with Crippen LogP contribution in [0, 0.1) is 11.8 Å². The van der Waals surface area contributed by atoms with E-state index in [1.54, 1.807) is 0 Å². The zero-order chi connectivity index (χ0) is 18.5. The van der Waals surface area contributed by atoms with Gasteiger partial charge in [-0.15, -0.1) is 0 Å². The maximum absolute atomic E-state index is 12.8. The number of likely N-dealkylation sites (tertiary alicyclic amines) is 3. The highest BCUT2D eigenvalue weighted by Crippen LogP contribution is 2.22. The molecule has 0 aromatic rings. The van der Waals surface area contributed by atoms with Gasteiger partial charge in [0.25, 0.3) is 0 Å². The Morgan fingerprint density at radius 2 is 1.69 bits per heavy atom. The number of carbonyl (C=O) groups excluding carboxylic acids is 1. The first-order valence-electron chi connectivity index (χ1n) is 11.0. The van der Waals surface area contributed by atoms with Crippen LogP contribution >= 0.6 is 0 Å². The van der Waals surface area contributed by atoms with Gasteiger partial charge in [0, 0.05) is 44.8 Å². The zero-order valence-electron chi connectivity index (χ0n) is 17.3. The van der Waals surface area contributed by atoms with Gasteiger partial charge in [-0.1, -0.05) is 6.92 Å². The Morgan fingerprint density at radius 1 is 1.00 bits per heavy atom. The highest BCUT2D eigenvalue weighted by Gasteiger charge is 2.28. The highest BCUT2D eigenvalue weighted by molar-refractivity contribution is 5.74. The van der Waals surface area contributed by atoms with E-state index in [9.17, 15) is 4.79 Å². The predicted molar refractivity (Wildman–Crippen MR) is 107 cm³/mol. The first-order chi connectivity index (χ1) is 12.5. The van der Waals surface area contributed by atoms with E-state index >= 15 is 0 Å². The van der Waals surface area contributed by atoms with E-state index in [0.717, 1.165) is 51.4 Å². The molecule has 3 saturated heterocycles. The summed E-state index contributed by atoms with van der Waals surface area (Å²) >= 11 is 0.